The highest BCUT2D eigenvalue weighted by Gasteiger charge is 2.28. The molecular weight excluding hydrogens is 362 g/mol. The highest BCUT2D eigenvalue weighted by atomic mass is 16.6. The van der Waals surface area contributed by atoms with Crippen molar-refractivity contribution in [2.24, 2.45) is 0 Å². The number of nitro benzene ring substituents is 1. The van der Waals surface area contributed by atoms with Gasteiger partial charge in [0, 0.05) is 24.6 Å². The molecule has 8 nitrogen and oxygen atoms in total. The molecule has 1 atom stereocenters. The molecule has 0 saturated heterocycles. The van der Waals surface area contributed by atoms with Crippen molar-refractivity contribution in [3.05, 3.63) is 64.2 Å². The highest BCUT2D eigenvalue weighted by Crippen LogP contribution is 2.40. The van der Waals surface area contributed by atoms with Gasteiger partial charge in [-0.3, -0.25) is 10.1 Å². The largest absolute Gasteiger partial charge is 0.491 e. The summed E-state index contributed by atoms with van der Waals surface area (Å²) < 4.78 is 16.7. The minimum Gasteiger partial charge on any atom is -0.491 e. The monoisotopic (exact) mass is 381 g/mol. The third-order valence-corrected chi connectivity index (χ3v) is 4.53. The van der Waals surface area contributed by atoms with Crippen molar-refractivity contribution in [1.82, 2.24) is 4.98 Å². The molecule has 1 aliphatic heterocycles. The summed E-state index contributed by atoms with van der Waals surface area (Å²) in [5, 5.41) is 15.0. The van der Waals surface area contributed by atoms with Crippen molar-refractivity contribution in [1.29, 1.82) is 0 Å². The lowest BCUT2D eigenvalue weighted by molar-refractivity contribution is -0.384. The van der Waals surface area contributed by atoms with Crippen molar-refractivity contribution in [3.63, 3.8) is 0 Å². The van der Waals surface area contributed by atoms with Gasteiger partial charge in [0.2, 0.25) is 0 Å². The molecule has 0 aliphatic carbocycles. The molecule has 0 saturated carbocycles. The van der Waals surface area contributed by atoms with Crippen LogP contribution in [0.5, 0.6) is 11.5 Å². The number of rotatable bonds is 7. The molecule has 1 aromatic heterocycles. The molecule has 0 amide bonds. The van der Waals surface area contributed by atoms with E-state index >= 15 is 0 Å². The Kier molecular flexibility index (Phi) is 4.94. The molecule has 2 aromatic carbocycles. The van der Waals surface area contributed by atoms with Gasteiger partial charge in [0.15, 0.2) is 0 Å². The van der Waals surface area contributed by atoms with Gasteiger partial charge in [-0.15, -0.1) is 0 Å². The maximum Gasteiger partial charge on any atom is 0.270 e. The Morgan fingerprint density at radius 3 is 2.96 bits per heavy atom. The summed E-state index contributed by atoms with van der Waals surface area (Å²) in [4.78, 5) is 15.1. The highest BCUT2D eigenvalue weighted by molar-refractivity contribution is 5.82. The van der Waals surface area contributed by atoms with Gasteiger partial charge in [-0.05, 0) is 30.3 Å². The van der Waals surface area contributed by atoms with Crippen molar-refractivity contribution in [2.45, 2.75) is 6.04 Å². The number of methoxy groups -OCH3 is 1. The number of nitrogens with one attached hydrogen (secondary N) is 1. The SMILES string of the molecule is COCCOc1cccc2c1[C@@H](Nc1ccc3cc([N+](=O)[O-])ccc3n1)CO2. The zero-order valence-electron chi connectivity index (χ0n) is 15.3. The molecule has 0 unspecified atom stereocenters. The number of non-ortho nitro benzene ring substituents is 1. The Labute approximate surface area is 161 Å². The van der Waals surface area contributed by atoms with Gasteiger partial charge in [-0.1, -0.05) is 6.07 Å². The number of benzene rings is 2. The zero-order chi connectivity index (χ0) is 19.5. The van der Waals surface area contributed by atoms with E-state index in [1.807, 2.05) is 24.3 Å². The Hall–Kier alpha value is -3.39. The summed E-state index contributed by atoms with van der Waals surface area (Å²) in [5.41, 5.74) is 1.68. The first-order chi connectivity index (χ1) is 13.7. The molecule has 28 heavy (non-hydrogen) atoms. The average molecular weight is 381 g/mol. The second-order valence-electron chi connectivity index (χ2n) is 6.35. The molecule has 2 heterocycles. The summed E-state index contributed by atoms with van der Waals surface area (Å²) >= 11 is 0. The van der Waals surface area contributed by atoms with E-state index < -0.39 is 4.92 Å². The predicted molar refractivity (Wildman–Crippen MR) is 104 cm³/mol. The van der Waals surface area contributed by atoms with E-state index in [4.69, 9.17) is 14.2 Å². The van der Waals surface area contributed by atoms with Crippen molar-refractivity contribution >= 4 is 22.4 Å². The van der Waals surface area contributed by atoms with E-state index in [2.05, 4.69) is 10.3 Å². The van der Waals surface area contributed by atoms with Crippen LogP contribution in [0.25, 0.3) is 10.9 Å². The number of ether oxygens (including phenoxy) is 3. The lowest BCUT2D eigenvalue weighted by Crippen LogP contribution is -2.14. The van der Waals surface area contributed by atoms with Gasteiger partial charge in [-0.25, -0.2) is 4.98 Å². The molecule has 1 N–H and O–H groups in total. The third kappa shape index (κ3) is 3.54. The van der Waals surface area contributed by atoms with E-state index in [0.717, 1.165) is 17.1 Å². The normalized spacial score (nSPS) is 15.1. The van der Waals surface area contributed by atoms with Crippen LogP contribution in [0, 0.1) is 10.1 Å². The van der Waals surface area contributed by atoms with Crippen LogP contribution in [0.15, 0.2) is 48.5 Å². The molecule has 4 rings (SSSR count). The first kappa shape index (κ1) is 18.0. The minimum atomic E-state index is -0.413. The Morgan fingerprint density at radius 1 is 1.25 bits per heavy atom. The predicted octanol–water partition coefficient (Wildman–Crippen LogP) is 3.71. The zero-order valence-corrected chi connectivity index (χ0v) is 15.3. The number of fused-ring (bicyclic) bond motifs is 2. The molecule has 0 radical (unpaired) electrons. The van der Waals surface area contributed by atoms with Gasteiger partial charge >= 0.3 is 0 Å². The van der Waals surface area contributed by atoms with Crippen LogP contribution in [0.1, 0.15) is 11.6 Å². The lowest BCUT2D eigenvalue weighted by atomic mass is 10.1. The van der Waals surface area contributed by atoms with E-state index in [1.165, 1.54) is 12.1 Å². The van der Waals surface area contributed by atoms with Crippen LogP contribution in [-0.4, -0.2) is 36.8 Å². The van der Waals surface area contributed by atoms with Gasteiger partial charge in [0.25, 0.3) is 5.69 Å². The van der Waals surface area contributed by atoms with E-state index in [9.17, 15) is 10.1 Å². The third-order valence-electron chi connectivity index (χ3n) is 4.53. The Morgan fingerprint density at radius 2 is 2.14 bits per heavy atom. The second-order valence-corrected chi connectivity index (χ2v) is 6.35. The number of anilines is 1. The number of aromatic nitrogens is 1. The molecule has 0 fully saturated rings. The van der Waals surface area contributed by atoms with Crippen LogP contribution < -0.4 is 14.8 Å². The molecular formula is C20H19N3O5. The number of pyridine rings is 1. The van der Waals surface area contributed by atoms with Crippen LogP contribution in [-0.2, 0) is 4.74 Å². The van der Waals surface area contributed by atoms with Crippen molar-refractivity contribution < 1.29 is 19.1 Å². The van der Waals surface area contributed by atoms with E-state index in [-0.39, 0.29) is 11.7 Å². The van der Waals surface area contributed by atoms with Gasteiger partial charge in [-0.2, -0.15) is 0 Å². The summed E-state index contributed by atoms with van der Waals surface area (Å²) in [6, 6.07) is 13.8. The summed E-state index contributed by atoms with van der Waals surface area (Å²) in [7, 11) is 1.63. The minimum absolute atomic E-state index is 0.0472. The molecule has 0 bridgehead atoms. The first-order valence-electron chi connectivity index (χ1n) is 8.85. The number of nitro groups is 1. The van der Waals surface area contributed by atoms with Crippen molar-refractivity contribution in [3.8, 4) is 11.5 Å². The van der Waals surface area contributed by atoms with Crippen LogP contribution in [0.3, 0.4) is 0 Å². The van der Waals surface area contributed by atoms with E-state index in [0.29, 0.717) is 36.5 Å². The lowest BCUT2D eigenvalue weighted by Gasteiger charge is -2.16. The summed E-state index contributed by atoms with van der Waals surface area (Å²) in [6.45, 7) is 1.41. The maximum absolute atomic E-state index is 10.9. The fourth-order valence-corrected chi connectivity index (χ4v) is 3.21. The quantitative estimate of drug-likeness (QED) is 0.378. The fraction of sp³-hybridized carbons (Fsp3) is 0.250. The number of hydrogen-bond donors (Lipinski definition) is 1. The smallest absolute Gasteiger partial charge is 0.270 e. The molecule has 8 heteroatoms. The second kappa shape index (κ2) is 7.69. The average Bonchev–Trinajstić information content (AvgIpc) is 3.11. The summed E-state index contributed by atoms with van der Waals surface area (Å²) in [5.74, 6) is 2.19. The van der Waals surface area contributed by atoms with Crippen LogP contribution in [0.4, 0.5) is 11.5 Å². The standard InChI is InChI=1S/C20H19N3O5/c1-26-9-10-27-17-3-2-4-18-20(17)16(12-28-18)22-19-8-5-13-11-14(23(24)25)6-7-15(13)21-19/h2-8,11,16H,9-10,12H2,1H3,(H,21,22)/t16-/m0/s1. The van der Waals surface area contributed by atoms with Gasteiger partial charge in [0.1, 0.15) is 30.5 Å². The molecule has 1 aliphatic rings. The number of hydrogen-bond acceptors (Lipinski definition) is 7. The summed E-state index contributed by atoms with van der Waals surface area (Å²) in [6.07, 6.45) is 0. The van der Waals surface area contributed by atoms with E-state index in [1.54, 1.807) is 19.2 Å². The Bertz CT molecular complexity index is 1020. The molecule has 144 valence electrons. The topological polar surface area (TPSA) is 95.8 Å². The maximum atomic E-state index is 10.9. The Balaban J connectivity index is 1.58. The van der Waals surface area contributed by atoms with Crippen LogP contribution >= 0.6 is 0 Å². The van der Waals surface area contributed by atoms with Crippen molar-refractivity contribution in [2.75, 3.05) is 32.2 Å². The van der Waals surface area contributed by atoms with Gasteiger partial charge < -0.3 is 19.5 Å². The first-order valence-corrected chi connectivity index (χ1v) is 8.85. The van der Waals surface area contributed by atoms with Gasteiger partial charge in [0.05, 0.1) is 28.7 Å². The fourth-order valence-electron chi connectivity index (χ4n) is 3.21. The molecule has 3 aromatic rings. The van der Waals surface area contributed by atoms with Crippen LogP contribution in [0.2, 0.25) is 0 Å². The number of nitrogens with zero attached hydrogens (tertiary/aromatic N) is 2. The molecule has 0 spiro atoms.